The Kier molecular flexibility index (Phi) is 2.11. The van der Waals surface area contributed by atoms with E-state index in [4.69, 9.17) is 4.99 Å². The predicted octanol–water partition coefficient (Wildman–Crippen LogP) is 4.76. The second-order valence-corrected chi connectivity index (χ2v) is 5.66. The summed E-state index contributed by atoms with van der Waals surface area (Å²) in [5, 5.41) is 2.76. The van der Waals surface area contributed by atoms with Crippen LogP contribution in [0.2, 0.25) is 0 Å². The van der Waals surface area contributed by atoms with Gasteiger partial charge in [-0.25, -0.2) is 0 Å². The van der Waals surface area contributed by atoms with Crippen molar-refractivity contribution in [3.8, 4) is 0 Å². The summed E-state index contributed by atoms with van der Waals surface area (Å²) < 4.78 is 0. The van der Waals surface area contributed by atoms with Crippen LogP contribution in [0.3, 0.4) is 0 Å². The molecule has 18 heavy (non-hydrogen) atoms. The van der Waals surface area contributed by atoms with Crippen LogP contribution in [0.15, 0.2) is 41.4 Å². The van der Waals surface area contributed by atoms with Crippen LogP contribution < -0.4 is 0 Å². The van der Waals surface area contributed by atoms with E-state index in [0.29, 0.717) is 0 Å². The molecule has 0 amide bonds. The van der Waals surface area contributed by atoms with Crippen molar-refractivity contribution < 1.29 is 0 Å². The minimum absolute atomic E-state index is 0.244. The van der Waals surface area contributed by atoms with Gasteiger partial charge < -0.3 is 0 Å². The summed E-state index contributed by atoms with van der Waals surface area (Å²) >= 11 is 0. The molecule has 0 radical (unpaired) electrons. The molecule has 90 valence electrons. The van der Waals surface area contributed by atoms with Gasteiger partial charge in [0, 0.05) is 11.6 Å². The number of benzene rings is 2. The fourth-order valence-corrected chi connectivity index (χ4v) is 3.71. The van der Waals surface area contributed by atoms with E-state index in [1.165, 1.54) is 54.1 Å². The molecule has 1 saturated carbocycles. The number of aliphatic imine (C=N–C) groups is 1. The lowest BCUT2D eigenvalue weighted by atomic mass is 9.70. The van der Waals surface area contributed by atoms with Crippen molar-refractivity contribution in [2.75, 3.05) is 0 Å². The summed E-state index contributed by atoms with van der Waals surface area (Å²) in [6.45, 7) is 0. The summed E-state index contributed by atoms with van der Waals surface area (Å²) in [5.41, 5.74) is 2.95. The highest BCUT2D eigenvalue weighted by molar-refractivity contribution is 5.99. The van der Waals surface area contributed by atoms with Crippen molar-refractivity contribution in [1.82, 2.24) is 0 Å². The van der Waals surface area contributed by atoms with Crippen LogP contribution >= 0.6 is 0 Å². The van der Waals surface area contributed by atoms with Crippen LogP contribution in [0, 0.1) is 0 Å². The third-order valence-electron chi connectivity index (χ3n) is 4.60. The standard InChI is InChI=1S/C17H17N/c1-4-10-17(11-5-1)12-18-15-9-8-13-6-2-3-7-14(13)16(15)17/h2-3,6-9,12H,1,4-5,10-11H2. The quantitative estimate of drug-likeness (QED) is 0.624. The van der Waals surface area contributed by atoms with Gasteiger partial charge in [-0.1, -0.05) is 49.6 Å². The van der Waals surface area contributed by atoms with Gasteiger partial charge >= 0.3 is 0 Å². The van der Waals surface area contributed by atoms with E-state index in [1.54, 1.807) is 0 Å². The lowest BCUT2D eigenvalue weighted by molar-refractivity contribution is 0.393. The van der Waals surface area contributed by atoms with E-state index in [0.717, 1.165) is 0 Å². The number of rotatable bonds is 0. The minimum Gasteiger partial charge on any atom is -0.260 e. The Balaban J connectivity index is 2.01. The molecule has 1 heterocycles. The zero-order valence-electron chi connectivity index (χ0n) is 10.5. The maximum atomic E-state index is 4.70. The molecular weight excluding hydrogens is 218 g/mol. The maximum absolute atomic E-state index is 4.70. The van der Waals surface area contributed by atoms with Gasteiger partial charge in [-0.2, -0.15) is 0 Å². The summed E-state index contributed by atoms with van der Waals surface area (Å²) in [4.78, 5) is 4.70. The van der Waals surface area contributed by atoms with Gasteiger partial charge in [0.05, 0.1) is 5.69 Å². The Bertz CT molecular complexity index is 633. The SMILES string of the molecule is C1=Nc2ccc3ccccc3c2C12CCCCC2. The topological polar surface area (TPSA) is 12.4 Å². The number of fused-ring (bicyclic) bond motifs is 4. The summed E-state index contributed by atoms with van der Waals surface area (Å²) in [5.74, 6) is 0. The molecule has 1 heteroatoms. The summed E-state index contributed by atoms with van der Waals surface area (Å²) in [6, 6.07) is 13.1. The molecular formula is C17H17N. The normalized spacial score (nSPS) is 20.4. The van der Waals surface area contributed by atoms with Crippen LogP contribution in [-0.4, -0.2) is 6.21 Å². The molecule has 0 atom stereocenters. The molecule has 0 aromatic heterocycles. The first kappa shape index (κ1) is 10.3. The van der Waals surface area contributed by atoms with Gasteiger partial charge in [-0.05, 0) is 35.2 Å². The maximum Gasteiger partial charge on any atom is 0.0673 e. The van der Waals surface area contributed by atoms with Crippen LogP contribution in [0.5, 0.6) is 0 Å². The van der Waals surface area contributed by atoms with Crippen molar-refractivity contribution in [1.29, 1.82) is 0 Å². The fourth-order valence-electron chi connectivity index (χ4n) is 3.71. The molecule has 0 N–H and O–H groups in total. The van der Waals surface area contributed by atoms with Gasteiger partial charge in [0.15, 0.2) is 0 Å². The van der Waals surface area contributed by atoms with Crippen molar-refractivity contribution >= 4 is 22.7 Å². The molecule has 1 nitrogen and oxygen atoms in total. The molecule has 1 spiro atoms. The van der Waals surface area contributed by atoms with Crippen molar-refractivity contribution in [2.45, 2.75) is 37.5 Å². The van der Waals surface area contributed by atoms with Crippen molar-refractivity contribution in [3.05, 3.63) is 42.0 Å². The Labute approximate surface area is 108 Å². The highest BCUT2D eigenvalue weighted by Crippen LogP contribution is 2.48. The first-order valence-electron chi connectivity index (χ1n) is 6.97. The third kappa shape index (κ3) is 1.30. The molecule has 1 fully saturated rings. The van der Waals surface area contributed by atoms with Crippen LogP contribution in [-0.2, 0) is 5.41 Å². The van der Waals surface area contributed by atoms with E-state index in [9.17, 15) is 0 Å². The molecule has 0 saturated heterocycles. The Morgan fingerprint density at radius 1 is 0.889 bits per heavy atom. The largest absolute Gasteiger partial charge is 0.260 e. The molecule has 0 unspecified atom stereocenters. The smallest absolute Gasteiger partial charge is 0.0673 e. The average Bonchev–Trinajstić information content (AvgIpc) is 2.79. The first-order chi connectivity index (χ1) is 8.89. The Morgan fingerprint density at radius 3 is 2.61 bits per heavy atom. The van der Waals surface area contributed by atoms with Crippen LogP contribution in [0.4, 0.5) is 5.69 Å². The monoisotopic (exact) mass is 235 g/mol. The number of hydrogen-bond acceptors (Lipinski definition) is 1. The highest BCUT2D eigenvalue weighted by Gasteiger charge is 2.38. The van der Waals surface area contributed by atoms with Gasteiger partial charge in [-0.15, -0.1) is 0 Å². The van der Waals surface area contributed by atoms with Gasteiger partial charge in [-0.3, -0.25) is 4.99 Å². The molecule has 2 aromatic carbocycles. The fraction of sp³-hybridized carbons (Fsp3) is 0.353. The Morgan fingerprint density at radius 2 is 1.72 bits per heavy atom. The van der Waals surface area contributed by atoms with E-state index >= 15 is 0 Å². The van der Waals surface area contributed by atoms with Gasteiger partial charge in [0.2, 0.25) is 0 Å². The second-order valence-electron chi connectivity index (χ2n) is 5.66. The zero-order chi connectivity index (χ0) is 12.0. The van der Waals surface area contributed by atoms with E-state index < -0.39 is 0 Å². The highest BCUT2D eigenvalue weighted by atomic mass is 14.8. The zero-order valence-corrected chi connectivity index (χ0v) is 10.5. The molecule has 2 aromatic rings. The number of hydrogen-bond donors (Lipinski definition) is 0. The van der Waals surface area contributed by atoms with E-state index in [1.807, 2.05) is 0 Å². The average molecular weight is 235 g/mol. The van der Waals surface area contributed by atoms with Crippen LogP contribution in [0.25, 0.3) is 10.8 Å². The first-order valence-corrected chi connectivity index (χ1v) is 6.97. The molecule has 4 rings (SSSR count). The minimum atomic E-state index is 0.244. The van der Waals surface area contributed by atoms with Crippen LogP contribution in [0.1, 0.15) is 37.7 Å². The Hall–Kier alpha value is -1.63. The van der Waals surface area contributed by atoms with Crippen molar-refractivity contribution in [3.63, 3.8) is 0 Å². The molecule has 2 aliphatic rings. The lowest BCUT2D eigenvalue weighted by Gasteiger charge is -2.32. The van der Waals surface area contributed by atoms with Gasteiger partial charge in [0.25, 0.3) is 0 Å². The number of nitrogens with zero attached hydrogens (tertiary/aromatic N) is 1. The van der Waals surface area contributed by atoms with E-state index in [2.05, 4.69) is 42.6 Å². The summed E-state index contributed by atoms with van der Waals surface area (Å²) in [7, 11) is 0. The molecule has 1 aliphatic heterocycles. The van der Waals surface area contributed by atoms with Crippen molar-refractivity contribution in [2.24, 2.45) is 4.99 Å². The third-order valence-corrected chi connectivity index (χ3v) is 4.60. The molecule has 1 aliphatic carbocycles. The second kappa shape index (κ2) is 3.68. The summed E-state index contributed by atoms with van der Waals surface area (Å²) in [6.07, 6.45) is 8.86. The van der Waals surface area contributed by atoms with E-state index in [-0.39, 0.29) is 5.41 Å². The predicted molar refractivity (Wildman–Crippen MR) is 76.9 cm³/mol. The molecule has 0 bridgehead atoms. The van der Waals surface area contributed by atoms with Gasteiger partial charge in [0.1, 0.15) is 0 Å². The lowest BCUT2D eigenvalue weighted by Crippen LogP contribution is -2.28.